The second-order valence-corrected chi connectivity index (χ2v) is 4.96. The van der Waals surface area contributed by atoms with E-state index < -0.39 is 17.9 Å². The van der Waals surface area contributed by atoms with Gasteiger partial charge in [0.1, 0.15) is 11.8 Å². The summed E-state index contributed by atoms with van der Waals surface area (Å²) < 4.78 is 0. The van der Waals surface area contributed by atoms with Gasteiger partial charge in [0, 0.05) is 24.9 Å². The highest BCUT2D eigenvalue weighted by Gasteiger charge is 2.40. The molecule has 1 aromatic carbocycles. The fraction of sp³-hybridized carbons (Fsp3) is 0.286. The van der Waals surface area contributed by atoms with Crippen molar-refractivity contribution in [1.82, 2.24) is 5.43 Å². The second-order valence-electron chi connectivity index (χ2n) is 4.96. The van der Waals surface area contributed by atoms with Crippen LogP contribution in [0.15, 0.2) is 29.4 Å². The van der Waals surface area contributed by atoms with Crippen LogP contribution in [0, 0.1) is 0 Å². The fourth-order valence-electron chi connectivity index (χ4n) is 2.60. The Hall–Kier alpha value is -2.70. The minimum absolute atomic E-state index is 0.178. The number of carboxylic acids is 1. The molecule has 1 atom stereocenters. The third kappa shape index (κ3) is 2.26. The van der Waals surface area contributed by atoms with E-state index in [1.165, 1.54) is 4.90 Å². The molecule has 108 valence electrons. The molecule has 0 saturated carbocycles. The molecule has 0 aromatic heterocycles. The average Bonchev–Trinajstić information content (AvgIpc) is 2.87. The minimum atomic E-state index is -1.06. The summed E-state index contributed by atoms with van der Waals surface area (Å²) in [5.41, 5.74) is 3.85. The van der Waals surface area contributed by atoms with Crippen molar-refractivity contribution >= 4 is 29.2 Å². The van der Waals surface area contributed by atoms with E-state index in [1.54, 1.807) is 12.1 Å². The Balaban J connectivity index is 1.96. The molecule has 0 radical (unpaired) electrons. The van der Waals surface area contributed by atoms with E-state index in [4.69, 9.17) is 0 Å². The highest BCUT2D eigenvalue weighted by Crippen LogP contribution is 2.32. The number of nitrogens with one attached hydrogen (secondary N) is 1. The zero-order valence-corrected chi connectivity index (χ0v) is 11.1. The van der Waals surface area contributed by atoms with Gasteiger partial charge < -0.3 is 5.11 Å². The summed E-state index contributed by atoms with van der Waals surface area (Å²) in [4.78, 5) is 36.3. The van der Waals surface area contributed by atoms with Crippen LogP contribution < -0.4 is 10.3 Å². The molecule has 1 aromatic rings. The lowest BCUT2D eigenvalue weighted by Crippen LogP contribution is -2.47. The average molecular weight is 287 g/mol. The maximum Gasteiger partial charge on any atom is 0.327 e. The van der Waals surface area contributed by atoms with Gasteiger partial charge in [-0.25, -0.2) is 10.2 Å². The molecule has 2 N–H and O–H groups in total. The number of nitrogens with zero attached hydrogens (tertiary/aromatic N) is 2. The number of benzene rings is 1. The Labute approximate surface area is 120 Å². The van der Waals surface area contributed by atoms with Crippen molar-refractivity contribution in [3.8, 4) is 0 Å². The quantitative estimate of drug-likeness (QED) is 0.817. The largest absolute Gasteiger partial charge is 0.480 e. The van der Waals surface area contributed by atoms with Crippen LogP contribution >= 0.6 is 0 Å². The highest BCUT2D eigenvalue weighted by atomic mass is 16.4. The molecule has 0 aliphatic carbocycles. The first-order valence-corrected chi connectivity index (χ1v) is 6.57. The van der Waals surface area contributed by atoms with Crippen LogP contribution in [0.1, 0.15) is 18.4 Å². The van der Waals surface area contributed by atoms with Crippen molar-refractivity contribution < 1.29 is 19.5 Å². The summed E-state index contributed by atoms with van der Waals surface area (Å²) in [7, 11) is 0. The highest BCUT2D eigenvalue weighted by molar-refractivity contribution is 6.45. The van der Waals surface area contributed by atoms with Crippen LogP contribution in [0.4, 0.5) is 5.69 Å². The lowest BCUT2D eigenvalue weighted by Gasteiger charge is -2.24. The molecule has 2 amide bonds. The normalized spacial score (nSPS) is 20.6. The van der Waals surface area contributed by atoms with Gasteiger partial charge >= 0.3 is 5.97 Å². The Morgan fingerprint density at radius 1 is 1.29 bits per heavy atom. The van der Waals surface area contributed by atoms with Gasteiger partial charge in [-0.15, -0.1) is 0 Å². The van der Waals surface area contributed by atoms with Gasteiger partial charge in [0.15, 0.2) is 0 Å². The smallest absolute Gasteiger partial charge is 0.327 e. The monoisotopic (exact) mass is 287 g/mol. The summed E-state index contributed by atoms with van der Waals surface area (Å²) in [6.07, 6.45) is 0.671. The molecule has 21 heavy (non-hydrogen) atoms. The van der Waals surface area contributed by atoms with E-state index in [2.05, 4.69) is 10.5 Å². The van der Waals surface area contributed by atoms with Crippen molar-refractivity contribution in [3.63, 3.8) is 0 Å². The maximum absolute atomic E-state index is 12.6. The Morgan fingerprint density at radius 2 is 2.05 bits per heavy atom. The lowest BCUT2D eigenvalue weighted by molar-refractivity contribution is -0.139. The lowest BCUT2D eigenvalue weighted by atomic mass is 10.1. The van der Waals surface area contributed by atoms with Crippen molar-refractivity contribution in [2.24, 2.45) is 5.10 Å². The van der Waals surface area contributed by atoms with Crippen LogP contribution in [-0.2, 0) is 20.8 Å². The predicted octanol–water partition coefficient (Wildman–Crippen LogP) is 0.295. The first-order valence-electron chi connectivity index (χ1n) is 6.57. The van der Waals surface area contributed by atoms with Gasteiger partial charge in [-0.2, -0.15) is 5.10 Å². The van der Waals surface area contributed by atoms with Crippen LogP contribution in [0.3, 0.4) is 0 Å². The molecular weight excluding hydrogens is 274 g/mol. The fourth-order valence-corrected chi connectivity index (χ4v) is 2.60. The van der Waals surface area contributed by atoms with Gasteiger partial charge in [0.25, 0.3) is 5.91 Å². The second kappa shape index (κ2) is 5.01. The molecular formula is C14H13N3O4. The SMILES string of the molecule is O=C1CCC(C(=O)N2c3ccccc3CC2C(=O)O)=NN1. The van der Waals surface area contributed by atoms with Gasteiger partial charge in [0.2, 0.25) is 5.91 Å². The molecule has 7 nitrogen and oxygen atoms in total. The molecule has 3 rings (SSSR count). The van der Waals surface area contributed by atoms with Crippen LogP contribution in [0.25, 0.3) is 0 Å². The maximum atomic E-state index is 12.6. The van der Waals surface area contributed by atoms with E-state index in [-0.39, 0.29) is 30.9 Å². The zero-order chi connectivity index (χ0) is 15.0. The van der Waals surface area contributed by atoms with Crippen molar-refractivity contribution in [1.29, 1.82) is 0 Å². The van der Waals surface area contributed by atoms with Gasteiger partial charge in [-0.3, -0.25) is 14.5 Å². The summed E-state index contributed by atoms with van der Waals surface area (Å²) in [6.45, 7) is 0. The summed E-state index contributed by atoms with van der Waals surface area (Å²) >= 11 is 0. The number of carboxylic acid groups (broad SMARTS) is 1. The molecule has 1 unspecified atom stereocenters. The van der Waals surface area contributed by atoms with Crippen LogP contribution in [0.5, 0.6) is 0 Å². The number of amides is 2. The zero-order valence-electron chi connectivity index (χ0n) is 11.1. The number of aliphatic carboxylic acids is 1. The number of carbonyl (C=O) groups is 3. The van der Waals surface area contributed by atoms with E-state index in [0.717, 1.165) is 5.56 Å². The third-order valence-electron chi connectivity index (χ3n) is 3.63. The summed E-state index contributed by atoms with van der Waals surface area (Å²) in [6, 6.07) is 6.16. The molecule has 0 spiro atoms. The number of para-hydroxylation sites is 1. The van der Waals surface area contributed by atoms with E-state index in [9.17, 15) is 19.5 Å². The molecule has 0 fully saturated rings. The first-order chi connectivity index (χ1) is 10.1. The number of hydrogen-bond donors (Lipinski definition) is 2. The topological polar surface area (TPSA) is 99.1 Å². The van der Waals surface area contributed by atoms with E-state index in [1.807, 2.05) is 12.1 Å². The Bertz CT molecular complexity index is 668. The summed E-state index contributed by atoms with van der Waals surface area (Å²) in [5, 5.41) is 13.1. The van der Waals surface area contributed by atoms with Crippen LogP contribution in [-0.4, -0.2) is 34.6 Å². The van der Waals surface area contributed by atoms with Crippen molar-refractivity contribution in [3.05, 3.63) is 29.8 Å². The molecule has 2 aliphatic heterocycles. The summed E-state index contributed by atoms with van der Waals surface area (Å²) in [5.74, 6) is -1.77. The first kappa shape index (κ1) is 13.3. The predicted molar refractivity (Wildman–Crippen MR) is 73.9 cm³/mol. The number of hydrogen-bond acceptors (Lipinski definition) is 4. The number of fused-ring (bicyclic) bond motifs is 1. The number of rotatable bonds is 2. The van der Waals surface area contributed by atoms with E-state index >= 15 is 0 Å². The van der Waals surface area contributed by atoms with Gasteiger partial charge in [-0.05, 0) is 11.6 Å². The Kier molecular flexibility index (Phi) is 3.17. The molecule has 0 saturated heterocycles. The molecule has 2 aliphatic rings. The van der Waals surface area contributed by atoms with Crippen LogP contribution in [0.2, 0.25) is 0 Å². The van der Waals surface area contributed by atoms with Crippen molar-refractivity contribution in [2.45, 2.75) is 25.3 Å². The van der Waals surface area contributed by atoms with Gasteiger partial charge in [0.05, 0.1) is 0 Å². The Morgan fingerprint density at radius 3 is 2.71 bits per heavy atom. The molecule has 7 heteroatoms. The number of anilines is 1. The molecule has 2 heterocycles. The standard InChI is InChI=1S/C14H13N3O4/c18-12-6-5-9(15-16-12)13(19)17-10-4-2-1-3-8(10)7-11(17)14(20)21/h1-4,11H,5-7H2,(H,16,18)(H,20,21). The third-order valence-corrected chi connectivity index (χ3v) is 3.63. The van der Waals surface area contributed by atoms with E-state index in [0.29, 0.717) is 5.69 Å². The number of carbonyl (C=O) groups excluding carboxylic acids is 2. The van der Waals surface area contributed by atoms with Crippen molar-refractivity contribution in [2.75, 3.05) is 4.90 Å². The van der Waals surface area contributed by atoms with Gasteiger partial charge in [-0.1, -0.05) is 18.2 Å². The number of hydrazone groups is 1. The minimum Gasteiger partial charge on any atom is -0.480 e. The molecule has 0 bridgehead atoms.